The zero-order valence-corrected chi connectivity index (χ0v) is 11.7. The van der Waals surface area contributed by atoms with Gasteiger partial charge in [0.05, 0.1) is 24.4 Å². The summed E-state index contributed by atoms with van der Waals surface area (Å²) in [6.07, 6.45) is 0. The molecule has 1 aromatic carbocycles. The number of halogens is 1. The van der Waals surface area contributed by atoms with Crippen LogP contribution in [0, 0.1) is 0 Å². The quantitative estimate of drug-likeness (QED) is 0.885. The lowest BCUT2D eigenvalue weighted by molar-refractivity contribution is 0.272. The number of aliphatic hydroxyl groups is 1. The highest BCUT2D eigenvalue weighted by atomic mass is 35.5. The summed E-state index contributed by atoms with van der Waals surface area (Å²) in [5, 5.41) is 9.58. The Bertz CT molecular complexity index is 605. The summed E-state index contributed by atoms with van der Waals surface area (Å²) >= 11 is 6.02. The van der Waals surface area contributed by atoms with Crippen LogP contribution in [0.3, 0.4) is 0 Å². The summed E-state index contributed by atoms with van der Waals surface area (Å²) in [6.45, 7) is 0.123. The molecule has 0 saturated carbocycles. The van der Waals surface area contributed by atoms with E-state index >= 15 is 0 Å². The van der Waals surface area contributed by atoms with Gasteiger partial charge < -0.3 is 20.3 Å². The van der Waals surface area contributed by atoms with E-state index in [0.717, 1.165) is 5.56 Å². The SMILES string of the molecule is COc1cc(CO)ccc1OCc1nc(N)ccc1Cl. The molecule has 20 heavy (non-hydrogen) atoms. The van der Waals surface area contributed by atoms with E-state index in [0.29, 0.717) is 28.0 Å². The fraction of sp³-hybridized carbons (Fsp3) is 0.214. The zero-order chi connectivity index (χ0) is 14.5. The van der Waals surface area contributed by atoms with Gasteiger partial charge in [-0.15, -0.1) is 0 Å². The number of ether oxygens (including phenoxy) is 2. The first-order valence-electron chi connectivity index (χ1n) is 5.95. The van der Waals surface area contributed by atoms with Gasteiger partial charge in [0.2, 0.25) is 0 Å². The Hall–Kier alpha value is -1.98. The molecule has 5 nitrogen and oxygen atoms in total. The van der Waals surface area contributed by atoms with E-state index < -0.39 is 0 Å². The molecule has 0 aliphatic rings. The number of nitrogens with zero attached hydrogens (tertiary/aromatic N) is 1. The maximum atomic E-state index is 9.09. The van der Waals surface area contributed by atoms with Gasteiger partial charge in [-0.25, -0.2) is 4.98 Å². The minimum Gasteiger partial charge on any atom is -0.493 e. The Morgan fingerprint density at radius 3 is 2.75 bits per heavy atom. The highest BCUT2D eigenvalue weighted by molar-refractivity contribution is 6.31. The van der Waals surface area contributed by atoms with Crippen LogP contribution in [0.25, 0.3) is 0 Å². The van der Waals surface area contributed by atoms with Gasteiger partial charge in [-0.1, -0.05) is 17.7 Å². The highest BCUT2D eigenvalue weighted by Crippen LogP contribution is 2.29. The van der Waals surface area contributed by atoms with E-state index in [1.54, 1.807) is 30.3 Å². The Morgan fingerprint density at radius 1 is 1.25 bits per heavy atom. The lowest BCUT2D eigenvalue weighted by atomic mass is 10.2. The molecule has 0 atom stereocenters. The normalized spacial score (nSPS) is 10.3. The number of anilines is 1. The van der Waals surface area contributed by atoms with Gasteiger partial charge >= 0.3 is 0 Å². The molecule has 1 aromatic heterocycles. The van der Waals surface area contributed by atoms with Crippen LogP contribution < -0.4 is 15.2 Å². The molecule has 2 aromatic rings. The third kappa shape index (κ3) is 3.31. The molecule has 3 N–H and O–H groups in total. The molecular formula is C14H15ClN2O3. The molecule has 0 aliphatic carbocycles. The van der Waals surface area contributed by atoms with Crippen molar-refractivity contribution in [1.82, 2.24) is 4.98 Å². The van der Waals surface area contributed by atoms with Crippen LogP contribution in [-0.4, -0.2) is 17.2 Å². The molecule has 0 fully saturated rings. The van der Waals surface area contributed by atoms with Crippen molar-refractivity contribution in [2.45, 2.75) is 13.2 Å². The van der Waals surface area contributed by atoms with Crippen molar-refractivity contribution in [1.29, 1.82) is 0 Å². The van der Waals surface area contributed by atoms with Gasteiger partial charge in [-0.2, -0.15) is 0 Å². The number of methoxy groups -OCH3 is 1. The van der Waals surface area contributed by atoms with Gasteiger partial charge in [-0.3, -0.25) is 0 Å². The van der Waals surface area contributed by atoms with Gasteiger partial charge in [0, 0.05) is 0 Å². The smallest absolute Gasteiger partial charge is 0.161 e. The van der Waals surface area contributed by atoms with Crippen molar-refractivity contribution < 1.29 is 14.6 Å². The summed E-state index contributed by atoms with van der Waals surface area (Å²) in [4.78, 5) is 4.12. The van der Waals surface area contributed by atoms with Crippen LogP contribution in [-0.2, 0) is 13.2 Å². The van der Waals surface area contributed by atoms with Crippen molar-refractivity contribution in [2.24, 2.45) is 0 Å². The van der Waals surface area contributed by atoms with E-state index in [1.807, 2.05) is 0 Å². The van der Waals surface area contributed by atoms with Crippen molar-refractivity contribution in [3.05, 3.63) is 46.6 Å². The van der Waals surface area contributed by atoms with E-state index in [9.17, 15) is 0 Å². The van der Waals surface area contributed by atoms with Crippen LogP contribution in [0.15, 0.2) is 30.3 Å². The summed E-state index contributed by atoms with van der Waals surface area (Å²) in [5.41, 5.74) is 6.91. The fourth-order valence-corrected chi connectivity index (χ4v) is 1.84. The maximum Gasteiger partial charge on any atom is 0.161 e. The fourth-order valence-electron chi connectivity index (χ4n) is 1.68. The molecule has 0 amide bonds. The monoisotopic (exact) mass is 294 g/mol. The molecule has 106 valence electrons. The number of hydrogen-bond acceptors (Lipinski definition) is 5. The molecular weight excluding hydrogens is 280 g/mol. The second-order valence-corrected chi connectivity index (χ2v) is 4.50. The third-order valence-corrected chi connectivity index (χ3v) is 3.06. The molecule has 0 bridgehead atoms. The van der Waals surface area contributed by atoms with E-state index in [1.165, 1.54) is 7.11 Å². The zero-order valence-electron chi connectivity index (χ0n) is 11.0. The molecule has 2 rings (SSSR count). The predicted molar refractivity (Wildman–Crippen MR) is 76.9 cm³/mol. The van der Waals surface area contributed by atoms with E-state index in [2.05, 4.69) is 4.98 Å². The number of pyridine rings is 1. The minimum atomic E-state index is -0.0563. The Kier molecular flexibility index (Phi) is 4.65. The number of aromatic nitrogens is 1. The largest absolute Gasteiger partial charge is 0.493 e. The summed E-state index contributed by atoms with van der Waals surface area (Å²) in [5.74, 6) is 1.47. The maximum absolute atomic E-state index is 9.09. The van der Waals surface area contributed by atoms with E-state index in [4.69, 9.17) is 31.9 Å². The molecule has 0 saturated heterocycles. The van der Waals surface area contributed by atoms with Crippen molar-refractivity contribution in [3.63, 3.8) is 0 Å². The number of nitrogens with two attached hydrogens (primary N) is 1. The number of rotatable bonds is 5. The standard InChI is InChI=1S/C14H15ClN2O3/c1-19-13-6-9(7-18)2-4-12(13)20-8-11-10(15)3-5-14(16)17-11/h2-6,18H,7-8H2,1H3,(H2,16,17). The van der Waals surface area contributed by atoms with E-state index in [-0.39, 0.29) is 13.2 Å². The van der Waals surface area contributed by atoms with Crippen molar-refractivity contribution in [3.8, 4) is 11.5 Å². The molecule has 0 radical (unpaired) electrons. The number of hydrogen-bond donors (Lipinski definition) is 2. The van der Waals surface area contributed by atoms with Crippen LogP contribution in [0.2, 0.25) is 5.02 Å². The second-order valence-electron chi connectivity index (χ2n) is 4.10. The topological polar surface area (TPSA) is 77.6 Å². The summed E-state index contributed by atoms with van der Waals surface area (Å²) < 4.78 is 10.9. The molecule has 0 spiro atoms. The van der Waals surface area contributed by atoms with Crippen LogP contribution in [0.4, 0.5) is 5.82 Å². The Morgan fingerprint density at radius 2 is 2.05 bits per heavy atom. The molecule has 0 aliphatic heterocycles. The average molecular weight is 295 g/mol. The average Bonchev–Trinajstić information content (AvgIpc) is 2.48. The first-order valence-corrected chi connectivity index (χ1v) is 6.33. The van der Waals surface area contributed by atoms with Crippen molar-refractivity contribution >= 4 is 17.4 Å². The van der Waals surface area contributed by atoms with Crippen molar-refractivity contribution in [2.75, 3.05) is 12.8 Å². The van der Waals surface area contributed by atoms with Gasteiger partial charge in [0.1, 0.15) is 12.4 Å². The van der Waals surface area contributed by atoms with Gasteiger partial charge in [0.15, 0.2) is 11.5 Å². The highest BCUT2D eigenvalue weighted by Gasteiger charge is 2.08. The lowest BCUT2D eigenvalue weighted by Crippen LogP contribution is -2.03. The molecule has 1 heterocycles. The van der Waals surface area contributed by atoms with Gasteiger partial charge in [-0.05, 0) is 29.8 Å². The molecule has 6 heteroatoms. The number of aliphatic hydroxyl groups excluding tert-OH is 1. The Balaban J connectivity index is 2.16. The predicted octanol–water partition coefficient (Wildman–Crippen LogP) is 2.40. The number of nitrogen functional groups attached to an aromatic ring is 1. The second kappa shape index (κ2) is 6.45. The van der Waals surface area contributed by atoms with Crippen LogP contribution >= 0.6 is 11.6 Å². The minimum absolute atomic E-state index is 0.0563. The summed E-state index contributed by atoms with van der Waals surface area (Å²) in [6, 6.07) is 8.50. The first-order chi connectivity index (χ1) is 9.63. The first kappa shape index (κ1) is 14.4. The number of benzene rings is 1. The van der Waals surface area contributed by atoms with Crippen LogP contribution in [0.1, 0.15) is 11.3 Å². The van der Waals surface area contributed by atoms with Gasteiger partial charge in [0.25, 0.3) is 0 Å². The third-order valence-electron chi connectivity index (χ3n) is 2.72. The lowest BCUT2D eigenvalue weighted by Gasteiger charge is -2.12. The molecule has 0 unspecified atom stereocenters. The van der Waals surface area contributed by atoms with Crippen LogP contribution in [0.5, 0.6) is 11.5 Å². The Labute approximate surface area is 121 Å². The summed E-state index contributed by atoms with van der Waals surface area (Å²) in [7, 11) is 1.54.